The number of benzene rings is 1. The van der Waals surface area contributed by atoms with Gasteiger partial charge in [-0.15, -0.1) is 0 Å². The van der Waals surface area contributed by atoms with Crippen LogP contribution in [0.2, 0.25) is 0 Å². The molecule has 4 heteroatoms. The zero-order chi connectivity index (χ0) is 13.2. The lowest BCUT2D eigenvalue weighted by Crippen LogP contribution is -2.34. The highest BCUT2D eigenvalue weighted by atomic mass is 16.3. The Morgan fingerprint density at radius 2 is 2.05 bits per heavy atom. The van der Waals surface area contributed by atoms with Gasteiger partial charge in [0.15, 0.2) is 0 Å². The summed E-state index contributed by atoms with van der Waals surface area (Å²) in [7, 11) is 0. The molecule has 19 heavy (non-hydrogen) atoms. The van der Waals surface area contributed by atoms with Crippen LogP contribution < -0.4 is 10.2 Å². The predicted octanol–water partition coefficient (Wildman–Crippen LogP) is 1.78. The summed E-state index contributed by atoms with van der Waals surface area (Å²) in [5.41, 5.74) is 3.44. The number of hydrogen-bond donors (Lipinski definition) is 2. The van der Waals surface area contributed by atoms with Gasteiger partial charge in [-0.05, 0) is 48.9 Å². The third kappa shape index (κ3) is 2.59. The third-order valence-corrected chi connectivity index (χ3v) is 4.22. The minimum Gasteiger partial charge on any atom is -0.396 e. The highest BCUT2D eigenvalue weighted by molar-refractivity contribution is 5.94. The van der Waals surface area contributed by atoms with Gasteiger partial charge >= 0.3 is 0 Å². The lowest BCUT2D eigenvalue weighted by molar-refractivity contribution is -0.116. The number of nitrogens with one attached hydrogen (secondary N) is 1. The summed E-state index contributed by atoms with van der Waals surface area (Å²) in [5.74, 6) is 0.581. The van der Waals surface area contributed by atoms with E-state index in [1.165, 1.54) is 11.3 Å². The van der Waals surface area contributed by atoms with Crippen molar-refractivity contribution in [2.45, 2.75) is 25.7 Å². The fourth-order valence-corrected chi connectivity index (χ4v) is 2.94. The van der Waals surface area contributed by atoms with Gasteiger partial charge in [0.25, 0.3) is 0 Å². The van der Waals surface area contributed by atoms with E-state index >= 15 is 0 Å². The predicted molar refractivity (Wildman–Crippen MR) is 75.4 cm³/mol. The lowest BCUT2D eigenvalue weighted by atomic mass is 9.96. The van der Waals surface area contributed by atoms with E-state index < -0.39 is 0 Å². The van der Waals surface area contributed by atoms with Crippen LogP contribution in [0, 0.1) is 5.92 Å². The van der Waals surface area contributed by atoms with Crippen molar-refractivity contribution in [3.05, 3.63) is 23.8 Å². The second-order valence-electron chi connectivity index (χ2n) is 5.50. The second-order valence-corrected chi connectivity index (χ2v) is 5.50. The van der Waals surface area contributed by atoms with Crippen molar-refractivity contribution in [3.63, 3.8) is 0 Å². The summed E-state index contributed by atoms with van der Waals surface area (Å²) in [5, 5.41) is 12.1. The summed E-state index contributed by atoms with van der Waals surface area (Å²) in [6.07, 6.45) is 3.54. The van der Waals surface area contributed by atoms with Crippen LogP contribution in [0.3, 0.4) is 0 Å². The number of carbonyl (C=O) groups is 1. The Balaban J connectivity index is 1.74. The van der Waals surface area contributed by atoms with E-state index in [-0.39, 0.29) is 5.91 Å². The van der Waals surface area contributed by atoms with Crippen LogP contribution in [0.5, 0.6) is 0 Å². The first-order valence-corrected chi connectivity index (χ1v) is 7.05. The fourth-order valence-electron chi connectivity index (χ4n) is 2.94. The van der Waals surface area contributed by atoms with Gasteiger partial charge < -0.3 is 15.3 Å². The van der Waals surface area contributed by atoms with Gasteiger partial charge in [-0.25, -0.2) is 0 Å². The number of piperidine rings is 1. The number of carbonyl (C=O) groups excluding carboxylic acids is 1. The van der Waals surface area contributed by atoms with Crippen molar-refractivity contribution in [1.82, 2.24) is 0 Å². The molecule has 0 spiro atoms. The minimum absolute atomic E-state index is 0.115. The Bertz CT molecular complexity index is 479. The molecule has 3 rings (SSSR count). The Hall–Kier alpha value is -1.55. The number of anilines is 2. The van der Waals surface area contributed by atoms with Crippen molar-refractivity contribution in [1.29, 1.82) is 0 Å². The zero-order valence-corrected chi connectivity index (χ0v) is 11.1. The zero-order valence-electron chi connectivity index (χ0n) is 11.1. The van der Waals surface area contributed by atoms with Crippen LogP contribution in [0.4, 0.5) is 11.4 Å². The number of aliphatic hydroxyl groups is 1. The van der Waals surface area contributed by atoms with Crippen LogP contribution in [0.1, 0.15) is 24.8 Å². The largest absolute Gasteiger partial charge is 0.396 e. The van der Waals surface area contributed by atoms with E-state index in [0.29, 0.717) is 18.9 Å². The molecule has 0 radical (unpaired) electrons. The molecule has 2 N–H and O–H groups in total. The number of aryl methyl sites for hydroxylation is 1. The number of rotatable bonds is 2. The molecule has 102 valence electrons. The van der Waals surface area contributed by atoms with Gasteiger partial charge in [0.05, 0.1) is 0 Å². The van der Waals surface area contributed by atoms with Crippen LogP contribution in [-0.4, -0.2) is 30.7 Å². The van der Waals surface area contributed by atoms with Gasteiger partial charge in [0.1, 0.15) is 0 Å². The first kappa shape index (κ1) is 12.5. The number of fused-ring (bicyclic) bond motifs is 1. The molecule has 0 aromatic heterocycles. The molecule has 0 aliphatic carbocycles. The molecule has 0 unspecified atom stereocenters. The second kappa shape index (κ2) is 5.21. The standard InChI is InChI=1S/C15H20N2O2/c18-10-11-5-7-17(8-6-11)13-2-3-14-12(9-13)1-4-15(19)16-14/h2-3,9,11,18H,1,4-8,10H2,(H,16,19). The molecule has 1 aromatic rings. The average molecular weight is 260 g/mol. The summed E-state index contributed by atoms with van der Waals surface area (Å²) >= 11 is 0. The highest BCUT2D eigenvalue weighted by Gasteiger charge is 2.20. The number of hydrogen-bond acceptors (Lipinski definition) is 3. The Morgan fingerprint density at radius 1 is 1.26 bits per heavy atom. The molecule has 2 aliphatic rings. The monoisotopic (exact) mass is 260 g/mol. The summed E-state index contributed by atoms with van der Waals surface area (Å²) in [6.45, 7) is 2.33. The number of aliphatic hydroxyl groups excluding tert-OH is 1. The van der Waals surface area contributed by atoms with Gasteiger partial charge in [0, 0.05) is 37.5 Å². The van der Waals surface area contributed by atoms with Crippen molar-refractivity contribution < 1.29 is 9.90 Å². The SMILES string of the molecule is O=C1CCc2cc(N3CCC(CO)CC3)ccc2N1. The molecule has 1 fully saturated rings. The van der Waals surface area contributed by atoms with Crippen molar-refractivity contribution in [2.75, 3.05) is 29.9 Å². The van der Waals surface area contributed by atoms with Crippen LogP contribution in [0.15, 0.2) is 18.2 Å². The molecule has 4 nitrogen and oxygen atoms in total. The molecule has 2 aliphatic heterocycles. The normalized spacial score (nSPS) is 20.1. The molecule has 0 saturated carbocycles. The molecule has 0 bridgehead atoms. The van der Waals surface area contributed by atoms with Crippen molar-refractivity contribution in [2.24, 2.45) is 5.92 Å². The molecular formula is C15H20N2O2. The first-order valence-electron chi connectivity index (χ1n) is 7.05. The van der Waals surface area contributed by atoms with E-state index in [1.54, 1.807) is 0 Å². The minimum atomic E-state index is 0.115. The average Bonchev–Trinajstić information content (AvgIpc) is 2.47. The maximum Gasteiger partial charge on any atom is 0.224 e. The Kier molecular flexibility index (Phi) is 3.42. The van der Waals surface area contributed by atoms with Gasteiger partial charge in [-0.1, -0.05) is 0 Å². The van der Waals surface area contributed by atoms with Gasteiger partial charge in [-0.3, -0.25) is 4.79 Å². The molecule has 1 amide bonds. The summed E-state index contributed by atoms with van der Waals surface area (Å²) in [4.78, 5) is 13.7. The van der Waals surface area contributed by atoms with Crippen LogP contribution in [0.25, 0.3) is 0 Å². The Morgan fingerprint density at radius 3 is 2.79 bits per heavy atom. The van der Waals surface area contributed by atoms with Crippen molar-refractivity contribution >= 4 is 17.3 Å². The van der Waals surface area contributed by atoms with Crippen molar-refractivity contribution in [3.8, 4) is 0 Å². The quantitative estimate of drug-likeness (QED) is 0.852. The van der Waals surface area contributed by atoms with E-state index in [0.717, 1.165) is 38.0 Å². The number of nitrogens with zero attached hydrogens (tertiary/aromatic N) is 1. The smallest absolute Gasteiger partial charge is 0.224 e. The van der Waals surface area contributed by atoms with E-state index in [2.05, 4.69) is 22.3 Å². The van der Waals surface area contributed by atoms with E-state index in [9.17, 15) is 9.90 Å². The van der Waals surface area contributed by atoms with Crippen LogP contribution in [-0.2, 0) is 11.2 Å². The molecule has 0 atom stereocenters. The maximum atomic E-state index is 11.3. The topological polar surface area (TPSA) is 52.6 Å². The van der Waals surface area contributed by atoms with E-state index in [4.69, 9.17) is 0 Å². The Labute approximate surface area is 113 Å². The third-order valence-electron chi connectivity index (χ3n) is 4.22. The molecular weight excluding hydrogens is 240 g/mol. The van der Waals surface area contributed by atoms with Crippen LogP contribution >= 0.6 is 0 Å². The molecule has 1 aromatic carbocycles. The summed E-state index contributed by atoms with van der Waals surface area (Å²) < 4.78 is 0. The number of amides is 1. The first-order chi connectivity index (χ1) is 9.26. The fraction of sp³-hybridized carbons (Fsp3) is 0.533. The maximum absolute atomic E-state index is 11.3. The molecule has 1 saturated heterocycles. The van der Waals surface area contributed by atoms with Gasteiger partial charge in [0.2, 0.25) is 5.91 Å². The highest BCUT2D eigenvalue weighted by Crippen LogP contribution is 2.29. The van der Waals surface area contributed by atoms with Gasteiger partial charge in [-0.2, -0.15) is 0 Å². The molecule has 2 heterocycles. The summed E-state index contributed by atoms with van der Waals surface area (Å²) in [6, 6.07) is 6.30. The van der Waals surface area contributed by atoms with E-state index in [1.807, 2.05) is 6.07 Å². The lowest BCUT2D eigenvalue weighted by Gasteiger charge is -2.33.